The fraction of sp³-hybridized carbons (Fsp3) is 0.769. The quantitative estimate of drug-likeness (QED) is 0.506. The first kappa shape index (κ1) is 14.0. The maximum Gasteiger partial charge on any atom is 0.234 e. The highest BCUT2D eigenvalue weighted by Gasteiger charge is 2.13. The average Bonchev–Trinajstić information content (AvgIpc) is 2.36. The largest absolute Gasteiger partial charge is 0.376 e. The number of terminal acetylenes is 1. The molecule has 2 N–H and O–H groups in total. The molecule has 0 aromatic heterocycles. The normalized spacial score (nSPS) is 16.4. The number of ether oxygens (including phenoxy) is 1. The summed E-state index contributed by atoms with van der Waals surface area (Å²) in [4.78, 5) is 11.3. The Bertz CT molecular complexity index is 255. The second-order valence-electron chi connectivity index (χ2n) is 4.29. The molecule has 0 atom stereocenters. The van der Waals surface area contributed by atoms with Crippen molar-refractivity contribution in [3.63, 3.8) is 0 Å². The third-order valence-corrected chi connectivity index (χ3v) is 2.84. The summed E-state index contributed by atoms with van der Waals surface area (Å²) in [6.45, 7) is 1.87. The molecule has 1 aliphatic carbocycles. The zero-order valence-corrected chi connectivity index (χ0v) is 10.3. The summed E-state index contributed by atoms with van der Waals surface area (Å²) in [5.41, 5.74) is 0. The molecule has 0 bridgehead atoms. The minimum atomic E-state index is -0.0347. The molecule has 1 amide bonds. The molecule has 0 heterocycles. The van der Waals surface area contributed by atoms with E-state index in [1.807, 2.05) is 0 Å². The van der Waals surface area contributed by atoms with Crippen molar-refractivity contribution in [2.45, 2.75) is 38.2 Å². The zero-order chi connectivity index (χ0) is 12.3. The molecule has 0 saturated heterocycles. The van der Waals surface area contributed by atoms with Gasteiger partial charge in [0, 0.05) is 6.54 Å². The van der Waals surface area contributed by atoms with Gasteiger partial charge in [0.15, 0.2) is 0 Å². The van der Waals surface area contributed by atoms with Crippen LogP contribution >= 0.6 is 0 Å². The van der Waals surface area contributed by atoms with E-state index in [0.717, 1.165) is 12.8 Å². The maximum absolute atomic E-state index is 11.3. The first-order chi connectivity index (χ1) is 8.33. The van der Waals surface area contributed by atoms with Gasteiger partial charge in [-0.05, 0) is 12.8 Å². The molecule has 1 fully saturated rings. The van der Waals surface area contributed by atoms with Crippen LogP contribution in [0.4, 0.5) is 0 Å². The Kier molecular flexibility index (Phi) is 7.44. The molecule has 4 heteroatoms. The Morgan fingerprint density at radius 3 is 2.82 bits per heavy atom. The smallest absolute Gasteiger partial charge is 0.234 e. The molecule has 1 saturated carbocycles. The SMILES string of the molecule is C#CCNCC(=O)NCCOC1CCCCC1. The molecule has 0 unspecified atom stereocenters. The number of carbonyl (C=O) groups excluding carboxylic acids is 1. The van der Waals surface area contributed by atoms with Crippen LogP contribution in [0.1, 0.15) is 32.1 Å². The summed E-state index contributed by atoms with van der Waals surface area (Å²) in [5, 5.41) is 5.62. The highest BCUT2D eigenvalue weighted by molar-refractivity contribution is 5.77. The molecule has 0 spiro atoms. The zero-order valence-electron chi connectivity index (χ0n) is 10.3. The van der Waals surface area contributed by atoms with Crippen molar-refractivity contribution in [1.29, 1.82) is 0 Å². The van der Waals surface area contributed by atoms with E-state index in [9.17, 15) is 4.79 Å². The Morgan fingerprint density at radius 2 is 2.12 bits per heavy atom. The van der Waals surface area contributed by atoms with Crippen molar-refractivity contribution in [2.75, 3.05) is 26.2 Å². The van der Waals surface area contributed by atoms with Crippen LogP contribution in [0.2, 0.25) is 0 Å². The molecule has 96 valence electrons. The van der Waals surface area contributed by atoms with E-state index in [1.54, 1.807) is 0 Å². The van der Waals surface area contributed by atoms with Crippen LogP contribution in [-0.4, -0.2) is 38.3 Å². The van der Waals surface area contributed by atoms with Gasteiger partial charge >= 0.3 is 0 Å². The topological polar surface area (TPSA) is 50.4 Å². The first-order valence-electron chi connectivity index (χ1n) is 6.35. The molecule has 0 aromatic carbocycles. The van der Waals surface area contributed by atoms with Crippen LogP contribution in [0, 0.1) is 12.3 Å². The average molecular weight is 238 g/mol. The Hall–Kier alpha value is -1.05. The molecule has 0 aromatic rings. The summed E-state index contributed by atoms with van der Waals surface area (Å²) >= 11 is 0. The molecular weight excluding hydrogens is 216 g/mol. The second kappa shape index (κ2) is 9.03. The van der Waals surface area contributed by atoms with Crippen LogP contribution < -0.4 is 10.6 Å². The number of rotatable bonds is 7. The lowest BCUT2D eigenvalue weighted by molar-refractivity contribution is -0.120. The van der Waals surface area contributed by atoms with Gasteiger partial charge in [-0.1, -0.05) is 25.2 Å². The van der Waals surface area contributed by atoms with E-state index in [-0.39, 0.29) is 12.5 Å². The van der Waals surface area contributed by atoms with Gasteiger partial charge in [-0.25, -0.2) is 0 Å². The summed E-state index contributed by atoms with van der Waals surface area (Å²) in [5.74, 6) is 2.38. The molecule has 17 heavy (non-hydrogen) atoms. The number of nitrogens with one attached hydrogen (secondary N) is 2. The summed E-state index contributed by atoms with van der Waals surface area (Å²) in [6, 6.07) is 0. The number of amides is 1. The maximum atomic E-state index is 11.3. The van der Waals surface area contributed by atoms with E-state index in [1.165, 1.54) is 19.3 Å². The second-order valence-corrected chi connectivity index (χ2v) is 4.29. The van der Waals surface area contributed by atoms with Gasteiger partial charge in [0.1, 0.15) is 0 Å². The van der Waals surface area contributed by atoms with E-state index < -0.39 is 0 Å². The van der Waals surface area contributed by atoms with Crippen molar-refractivity contribution < 1.29 is 9.53 Å². The highest BCUT2D eigenvalue weighted by Crippen LogP contribution is 2.19. The van der Waals surface area contributed by atoms with E-state index in [2.05, 4.69) is 16.6 Å². The van der Waals surface area contributed by atoms with Gasteiger partial charge in [-0.3, -0.25) is 10.1 Å². The van der Waals surface area contributed by atoms with Crippen molar-refractivity contribution in [2.24, 2.45) is 0 Å². The number of hydrogen-bond donors (Lipinski definition) is 2. The van der Waals surface area contributed by atoms with Crippen LogP contribution in [0.3, 0.4) is 0 Å². The predicted octanol–water partition coefficient (Wildman–Crippen LogP) is 0.675. The number of carbonyl (C=O) groups is 1. The van der Waals surface area contributed by atoms with Gasteiger partial charge in [0.2, 0.25) is 5.91 Å². The molecule has 4 nitrogen and oxygen atoms in total. The standard InChI is InChI=1S/C13H22N2O2/c1-2-8-14-11-13(16)15-9-10-17-12-6-4-3-5-7-12/h1,12,14H,3-11H2,(H,15,16). The van der Waals surface area contributed by atoms with Crippen LogP contribution in [0.5, 0.6) is 0 Å². The molecular formula is C13H22N2O2. The van der Waals surface area contributed by atoms with Crippen LogP contribution in [0.25, 0.3) is 0 Å². The minimum Gasteiger partial charge on any atom is -0.376 e. The van der Waals surface area contributed by atoms with Crippen molar-refractivity contribution in [1.82, 2.24) is 10.6 Å². The van der Waals surface area contributed by atoms with Gasteiger partial charge in [0.05, 0.1) is 25.8 Å². The first-order valence-corrected chi connectivity index (χ1v) is 6.35. The third-order valence-electron chi connectivity index (χ3n) is 2.84. The fourth-order valence-electron chi connectivity index (χ4n) is 1.96. The Morgan fingerprint density at radius 1 is 1.35 bits per heavy atom. The van der Waals surface area contributed by atoms with Gasteiger partial charge in [-0.15, -0.1) is 6.42 Å². The fourth-order valence-corrected chi connectivity index (χ4v) is 1.96. The third kappa shape index (κ3) is 6.98. The van der Waals surface area contributed by atoms with Crippen molar-refractivity contribution in [3.05, 3.63) is 0 Å². The van der Waals surface area contributed by atoms with Crippen molar-refractivity contribution >= 4 is 5.91 Å². The molecule has 0 aliphatic heterocycles. The minimum absolute atomic E-state index is 0.0347. The lowest BCUT2D eigenvalue weighted by atomic mass is 9.98. The number of hydrogen-bond acceptors (Lipinski definition) is 3. The summed E-state index contributed by atoms with van der Waals surface area (Å²) in [7, 11) is 0. The highest BCUT2D eigenvalue weighted by atomic mass is 16.5. The van der Waals surface area contributed by atoms with Gasteiger partial charge in [0.25, 0.3) is 0 Å². The monoisotopic (exact) mass is 238 g/mol. The van der Waals surface area contributed by atoms with Crippen LogP contribution in [-0.2, 0) is 9.53 Å². The van der Waals surface area contributed by atoms with Gasteiger partial charge < -0.3 is 10.1 Å². The molecule has 1 aliphatic rings. The van der Waals surface area contributed by atoms with Gasteiger partial charge in [-0.2, -0.15) is 0 Å². The van der Waals surface area contributed by atoms with Crippen LogP contribution in [0.15, 0.2) is 0 Å². The Labute approximate surface area is 103 Å². The van der Waals surface area contributed by atoms with E-state index >= 15 is 0 Å². The Balaban J connectivity index is 1.92. The lowest BCUT2D eigenvalue weighted by Gasteiger charge is -2.21. The summed E-state index contributed by atoms with van der Waals surface area (Å²) < 4.78 is 5.69. The lowest BCUT2D eigenvalue weighted by Crippen LogP contribution is -2.36. The van der Waals surface area contributed by atoms with Crippen molar-refractivity contribution in [3.8, 4) is 12.3 Å². The van der Waals surface area contributed by atoms with E-state index in [0.29, 0.717) is 25.8 Å². The van der Waals surface area contributed by atoms with E-state index in [4.69, 9.17) is 11.2 Å². The molecule has 1 rings (SSSR count). The predicted molar refractivity (Wildman–Crippen MR) is 67.5 cm³/mol. The summed E-state index contributed by atoms with van der Waals surface area (Å²) in [6.07, 6.45) is 11.7. The molecule has 0 radical (unpaired) electrons.